The molecule has 1 atom stereocenters. The van der Waals surface area contributed by atoms with Crippen molar-refractivity contribution in [1.82, 2.24) is 15.5 Å². The van der Waals surface area contributed by atoms with Crippen LogP contribution in [0.3, 0.4) is 0 Å². The second kappa shape index (κ2) is 8.36. The molecule has 2 aromatic heterocycles. The molecule has 33 heavy (non-hydrogen) atoms. The van der Waals surface area contributed by atoms with Gasteiger partial charge in [-0.2, -0.15) is 16.3 Å². The summed E-state index contributed by atoms with van der Waals surface area (Å²) in [5, 5.41) is 12.3. The third kappa shape index (κ3) is 3.83. The van der Waals surface area contributed by atoms with E-state index in [-0.39, 0.29) is 5.92 Å². The Kier molecular flexibility index (Phi) is 5.19. The van der Waals surface area contributed by atoms with Crippen molar-refractivity contribution in [3.05, 3.63) is 69.9 Å². The predicted octanol–water partition coefficient (Wildman–Crippen LogP) is 5.99. The Hall–Kier alpha value is -3.09. The normalized spacial score (nSPS) is 21.5. The van der Waals surface area contributed by atoms with Crippen LogP contribution < -0.4 is 5.32 Å². The number of fused-ring (bicyclic) bond motifs is 1. The summed E-state index contributed by atoms with van der Waals surface area (Å²) in [5.41, 5.74) is 8.28. The molecule has 166 valence electrons. The first-order chi connectivity index (χ1) is 16.2. The largest absolute Gasteiger partial charge is 0.334 e. The number of carbonyl (C=O) groups is 1. The average molecular weight is 456 g/mol. The third-order valence-corrected chi connectivity index (χ3v) is 7.70. The van der Waals surface area contributed by atoms with Crippen LogP contribution in [0.1, 0.15) is 42.0 Å². The lowest BCUT2D eigenvalue weighted by molar-refractivity contribution is -0.113. The van der Waals surface area contributed by atoms with E-state index in [4.69, 9.17) is 9.51 Å². The molecule has 0 amide bonds. The van der Waals surface area contributed by atoms with E-state index in [9.17, 15) is 4.79 Å². The number of hydrogen-bond donors (Lipinski definition) is 1. The quantitative estimate of drug-likeness (QED) is 0.362. The van der Waals surface area contributed by atoms with Crippen LogP contribution in [0, 0.1) is 12.8 Å². The molecule has 0 radical (unpaired) electrons. The minimum atomic E-state index is 0.244. The van der Waals surface area contributed by atoms with Crippen molar-refractivity contribution in [1.29, 1.82) is 0 Å². The lowest BCUT2D eigenvalue weighted by Crippen LogP contribution is -2.43. The minimum absolute atomic E-state index is 0.244. The molecule has 1 saturated carbocycles. The summed E-state index contributed by atoms with van der Waals surface area (Å²) in [6.45, 7) is 2.11. The molecule has 1 fully saturated rings. The first-order valence-electron chi connectivity index (χ1n) is 11.5. The van der Waals surface area contributed by atoms with Crippen LogP contribution >= 0.6 is 11.3 Å². The van der Waals surface area contributed by atoms with Gasteiger partial charge in [-0.05, 0) is 95.4 Å². The van der Waals surface area contributed by atoms with E-state index in [0.29, 0.717) is 23.8 Å². The fourth-order valence-corrected chi connectivity index (χ4v) is 5.78. The Bertz CT molecular complexity index is 1300. The maximum Gasteiger partial charge on any atom is 0.258 e. The Morgan fingerprint density at radius 3 is 2.76 bits per heavy atom. The van der Waals surface area contributed by atoms with E-state index in [1.807, 2.05) is 6.07 Å². The summed E-state index contributed by atoms with van der Waals surface area (Å²) in [6.07, 6.45) is 5.15. The highest BCUT2D eigenvalue weighted by molar-refractivity contribution is 7.08. The maximum absolute atomic E-state index is 10.9. The van der Waals surface area contributed by atoms with Crippen LogP contribution in [0.2, 0.25) is 0 Å². The molecular weight excluding hydrogens is 430 g/mol. The van der Waals surface area contributed by atoms with E-state index < -0.39 is 0 Å². The van der Waals surface area contributed by atoms with E-state index >= 15 is 0 Å². The van der Waals surface area contributed by atoms with Crippen LogP contribution in [0.15, 0.2) is 57.7 Å². The summed E-state index contributed by atoms with van der Waals surface area (Å²) in [6, 6.07) is 15.7. The summed E-state index contributed by atoms with van der Waals surface area (Å²) < 4.78 is 5.63. The van der Waals surface area contributed by atoms with Gasteiger partial charge in [0, 0.05) is 29.1 Å². The average Bonchev–Trinajstić information content (AvgIpc) is 3.56. The topological polar surface area (TPSA) is 68.0 Å². The second-order valence-electron chi connectivity index (χ2n) is 9.20. The molecule has 0 aliphatic heterocycles. The summed E-state index contributed by atoms with van der Waals surface area (Å²) >= 11 is 1.70. The number of carbonyl (C=O) groups excluding carboxylic acids is 1. The molecule has 1 N–H and O–H groups in total. The molecule has 6 rings (SSSR count). The van der Waals surface area contributed by atoms with Gasteiger partial charge in [0.15, 0.2) is 0 Å². The Morgan fingerprint density at radius 2 is 1.97 bits per heavy atom. The van der Waals surface area contributed by atoms with Crippen LogP contribution in [-0.4, -0.2) is 22.5 Å². The van der Waals surface area contributed by atoms with E-state index in [2.05, 4.69) is 64.6 Å². The number of thiophene rings is 1. The van der Waals surface area contributed by atoms with Gasteiger partial charge in [0.05, 0.1) is 0 Å². The molecule has 2 heterocycles. The van der Waals surface area contributed by atoms with Crippen molar-refractivity contribution in [2.45, 2.75) is 44.7 Å². The Labute approximate surface area is 196 Å². The SMILES string of the molecule is Cc1cc(-c2nc(-c3ccc4c(c3)CC[C@@H]4N[C@H]3C[C@H](C=O)C3)no2)ccc1-c1ccsc1. The first-order valence-corrected chi connectivity index (χ1v) is 12.4. The van der Waals surface area contributed by atoms with Crippen molar-refractivity contribution in [2.75, 3.05) is 0 Å². The molecule has 5 nitrogen and oxygen atoms in total. The number of aldehydes is 1. The Balaban J connectivity index is 1.20. The summed E-state index contributed by atoms with van der Waals surface area (Å²) in [4.78, 5) is 15.6. The fraction of sp³-hybridized carbons (Fsp3) is 0.296. The molecule has 2 aliphatic carbocycles. The van der Waals surface area contributed by atoms with Crippen molar-refractivity contribution in [3.8, 4) is 34.0 Å². The smallest absolute Gasteiger partial charge is 0.258 e. The van der Waals surface area contributed by atoms with Gasteiger partial charge in [0.25, 0.3) is 5.89 Å². The van der Waals surface area contributed by atoms with Gasteiger partial charge in [-0.25, -0.2) is 0 Å². The zero-order valence-corrected chi connectivity index (χ0v) is 19.3. The number of hydrogen-bond acceptors (Lipinski definition) is 6. The van der Waals surface area contributed by atoms with Crippen molar-refractivity contribution in [2.24, 2.45) is 5.92 Å². The van der Waals surface area contributed by atoms with Crippen LogP contribution in [0.4, 0.5) is 0 Å². The van der Waals surface area contributed by atoms with Gasteiger partial charge >= 0.3 is 0 Å². The zero-order valence-electron chi connectivity index (χ0n) is 18.5. The maximum atomic E-state index is 10.9. The fourth-order valence-electron chi connectivity index (χ4n) is 5.12. The molecule has 4 aromatic rings. The molecule has 0 unspecified atom stereocenters. The molecule has 2 aliphatic rings. The monoisotopic (exact) mass is 455 g/mol. The third-order valence-electron chi connectivity index (χ3n) is 7.01. The Morgan fingerprint density at radius 1 is 1.09 bits per heavy atom. The van der Waals surface area contributed by atoms with Gasteiger partial charge in [-0.3, -0.25) is 0 Å². The summed E-state index contributed by atoms with van der Waals surface area (Å²) in [5.74, 6) is 1.41. The molecule has 0 saturated heterocycles. The van der Waals surface area contributed by atoms with Gasteiger partial charge < -0.3 is 14.6 Å². The number of aromatic nitrogens is 2. The molecule has 2 aromatic carbocycles. The van der Waals surface area contributed by atoms with E-state index in [1.54, 1.807) is 11.3 Å². The number of nitrogens with zero attached hydrogens (tertiary/aromatic N) is 2. The second-order valence-corrected chi connectivity index (χ2v) is 9.98. The van der Waals surface area contributed by atoms with Crippen molar-refractivity contribution >= 4 is 17.6 Å². The minimum Gasteiger partial charge on any atom is -0.334 e. The van der Waals surface area contributed by atoms with Crippen LogP contribution in [-0.2, 0) is 11.2 Å². The van der Waals surface area contributed by atoms with Crippen molar-refractivity contribution in [3.63, 3.8) is 0 Å². The molecule has 6 heteroatoms. The van der Waals surface area contributed by atoms with Gasteiger partial charge in [-0.1, -0.05) is 23.4 Å². The number of nitrogens with one attached hydrogen (secondary N) is 1. The predicted molar refractivity (Wildman–Crippen MR) is 130 cm³/mol. The highest BCUT2D eigenvalue weighted by atomic mass is 32.1. The number of aryl methyl sites for hydroxylation is 2. The van der Waals surface area contributed by atoms with Crippen molar-refractivity contribution < 1.29 is 9.32 Å². The van der Waals surface area contributed by atoms with Gasteiger partial charge in [0.2, 0.25) is 5.82 Å². The highest BCUT2D eigenvalue weighted by Gasteiger charge is 2.32. The molecule has 0 spiro atoms. The van der Waals surface area contributed by atoms with E-state index in [1.165, 1.54) is 27.8 Å². The first kappa shape index (κ1) is 20.5. The highest BCUT2D eigenvalue weighted by Crippen LogP contribution is 2.37. The van der Waals surface area contributed by atoms with Crippen LogP contribution in [0.25, 0.3) is 34.0 Å². The lowest BCUT2D eigenvalue weighted by Gasteiger charge is -2.35. The lowest BCUT2D eigenvalue weighted by atomic mass is 9.81. The zero-order chi connectivity index (χ0) is 22.4. The van der Waals surface area contributed by atoms with Crippen LogP contribution in [0.5, 0.6) is 0 Å². The number of rotatable bonds is 6. The summed E-state index contributed by atoms with van der Waals surface area (Å²) in [7, 11) is 0. The number of benzene rings is 2. The molecular formula is C27H25N3O2S. The standard InChI is InChI=1S/C27H25N3O2S/c1-16-10-20(3-5-23(16)21-8-9-33-15-21)27-29-26(30-32-27)19-2-6-24-18(13-19)4-7-25(24)28-22-11-17(12-22)14-31/h2-3,5-6,8-10,13-15,17,22,25,28H,4,7,11-12H2,1H3/t17-,22-,25-/m0/s1. The molecule has 0 bridgehead atoms. The van der Waals surface area contributed by atoms with Gasteiger partial charge in [0.1, 0.15) is 6.29 Å². The van der Waals surface area contributed by atoms with Gasteiger partial charge in [-0.15, -0.1) is 0 Å². The van der Waals surface area contributed by atoms with E-state index in [0.717, 1.165) is 43.1 Å².